The molecule has 3 atom stereocenters. The molecule has 1 saturated carbocycles. The molecule has 1 heterocycles. The standard InChI is InChI=1S/C27H30N2O5/c1-17(24(30)29-14-13-27(25(31)32)12-6-11-23(27)29)15-28-26(33)34-16-22-20-9-4-2-7-18(20)19-8-3-5-10-21(19)22/h2-5,7-10,17,22-23H,6,11-16H2,1H3,(H,28,33)(H,31,32). The van der Waals surface area contributed by atoms with Crippen LogP contribution in [0.1, 0.15) is 49.7 Å². The van der Waals surface area contributed by atoms with Crippen molar-refractivity contribution >= 4 is 18.0 Å². The van der Waals surface area contributed by atoms with Crippen molar-refractivity contribution in [3.05, 3.63) is 59.7 Å². The third-order valence-electron chi connectivity index (χ3n) is 7.94. The summed E-state index contributed by atoms with van der Waals surface area (Å²) in [5.41, 5.74) is 3.83. The topological polar surface area (TPSA) is 95.9 Å². The highest BCUT2D eigenvalue weighted by atomic mass is 16.5. The van der Waals surface area contributed by atoms with Crippen molar-refractivity contribution < 1.29 is 24.2 Å². The van der Waals surface area contributed by atoms with Gasteiger partial charge in [-0.25, -0.2) is 4.79 Å². The van der Waals surface area contributed by atoms with Gasteiger partial charge < -0.3 is 20.1 Å². The maximum atomic E-state index is 13.0. The fourth-order valence-electron chi connectivity index (χ4n) is 6.15. The van der Waals surface area contributed by atoms with Crippen LogP contribution in [0.5, 0.6) is 0 Å². The molecule has 7 nitrogen and oxygen atoms in total. The Hall–Kier alpha value is -3.35. The van der Waals surface area contributed by atoms with Crippen molar-refractivity contribution in [1.29, 1.82) is 0 Å². The zero-order valence-corrected chi connectivity index (χ0v) is 19.3. The second kappa shape index (κ2) is 8.78. The van der Waals surface area contributed by atoms with Gasteiger partial charge in [-0.2, -0.15) is 0 Å². The molecule has 2 aliphatic carbocycles. The summed E-state index contributed by atoms with van der Waals surface area (Å²) in [6.07, 6.45) is 2.13. The molecule has 2 aromatic carbocycles. The second-order valence-corrected chi connectivity index (χ2v) is 9.76. The van der Waals surface area contributed by atoms with E-state index in [2.05, 4.69) is 29.6 Å². The zero-order valence-electron chi connectivity index (χ0n) is 19.3. The Labute approximate surface area is 199 Å². The van der Waals surface area contributed by atoms with Crippen LogP contribution in [0.4, 0.5) is 4.79 Å². The Morgan fingerprint density at radius 2 is 1.74 bits per heavy atom. The van der Waals surface area contributed by atoms with E-state index in [-0.39, 0.29) is 31.0 Å². The van der Waals surface area contributed by atoms with Crippen LogP contribution >= 0.6 is 0 Å². The number of benzene rings is 2. The van der Waals surface area contributed by atoms with E-state index in [1.807, 2.05) is 24.3 Å². The van der Waals surface area contributed by atoms with Crippen LogP contribution in [-0.4, -0.2) is 53.7 Å². The number of alkyl carbamates (subject to hydrolysis) is 1. The van der Waals surface area contributed by atoms with Crippen molar-refractivity contribution in [3.8, 4) is 11.1 Å². The van der Waals surface area contributed by atoms with Crippen molar-refractivity contribution in [1.82, 2.24) is 10.2 Å². The Morgan fingerprint density at radius 3 is 2.38 bits per heavy atom. The first-order valence-corrected chi connectivity index (χ1v) is 12.0. The molecule has 2 aromatic rings. The average Bonchev–Trinajstić information content (AvgIpc) is 3.52. The van der Waals surface area contributed by atoms with E-state index in [1.54, 1.807) is 11.8 Å². The van der Waals surface area contributed by atoms with Crippen molar-refractivity contribution in [2.24, 2.45) is 11.3 Å². The maximum absolute atomic E-state index is 13.0. The third-order valence-corrected chi connectivity index (χ3v) is 7.94. The normalized spacial score (nSPS) is 23.7. The summed E-state index contributed by atoms with van der Waals surface area (Å²) in [4.78, 5) is 39.1. The lowest BCUT2D eigenvalue weighted by molar-refractivity contribution is -0.150. The highest BCUT2D eigenvalue weighted by Gasteiger charge is 2.57. The van der Waals surface area contributed by atoms with Gasteiger partial charge in [0.2, 0.25) is 5.91 Å². The number of nitrogens with one attached hydrogen (secondary N) is 1. The van der Waals surface area contributed by atoms with E-state index in [9.17, 15) is 19.5 Å². The van der Waals surface area contributed by atoms with Gasteiger partial charge in [0.1, 0.15) is 6.61 Å². The predicted octanol–water partition coefficient (Wildman–Crippen LogP) is 4.02. The number of nitrogens with zero attached hydrogens (tertiary/aromatic N) is 1. The minimum absolute atomic E-state index is 0.0201. The summed E-state index contributed by atoms with van der Waals surface area (Å²) in [5.74, 6) is -1.37. The molecule has 0 bridgehead atoms. The molecule has 3 unspecified atom stereocenters. The first kappa shape index (κ1) is 22.4. The number of ether oxygens (including phenoxy) is 1. The number of likely N-dealkylation sites (tertiary alicyclic amines) is 1. The van der Waals surface area contributed by atoms with Crippen LogP contribution in [0.25, 0.3) is 11.1 Å². The second-order valence-electron chi connectivity index (χ2n) is 9.76. The van der Waals surface area contributed by atoms with Crippen molar-refractivity contribution in [3.63, 3.8) is 0 Å². The monoisotopic (exact) mass is 462 g/mol. The summed E-state index contributed by atoms with van der Waals surface area (Å²) in [7, 11) is 0. The van der Waals surface area contributed by atoms with Gasteiger partial charge in [0.15, 0.2) is 0 Å². The van der Waals surface area contributed by atoms with E-state index in [4.69, 9.17) is 4.74 Å². The molecule has 3 aliphatic rings. The zero-order chi connectivity index (χ0) is 23.9. The summed E-state index contributed by atoms with van der Waals surface area (Å²) < 4.78 is 5.56. The van der Waals surface area contributed by atoms with Crippen LogP contribution in [0.3, 0.4) is 0 Å². The SMILES string of the molecule is CC(CNC(=O)OCC1c2ccccc2-c2ccccc21)C(=O)N1CCC2(C(=O)O)CCCC12. The first-order chi connectivity index (χ1) is 16.4. The molecule has 2 fully saturated rings. The molecule has 5 rings (SSSR count). The molecule has 0 radical (unpaired) electrons. The highest BCUT2D eigenvalue weighted by Crippen LogP contribution is 2.49. The lowest BCUT2D eigenvalue weighted by Crippen LogP contribution is -2.46. The van der Waals surface area contributed by atoms with Gasteiger partial charge in [0.25, 0.3) is 0 Å². The van der Waals surface area contributed by atoms with Gasteiger partial charge in [-0.3, -0.25) is 9.59 Å². The van der Waals surface area contributed by atoms with Crippen LogP contribution in [-0.2, 0) is 14.3 Å². The average molecular weight is 463 g/mol. The first-order valence-electron chi connectivity index (χ1n) is 12.0. The van der Waals surface area contributed by atoms with E-state index in [0.29, 0.717) is 19.4 Å². The van der Waals surface area contributed by atoms with Crippen LogP contribution in [0, 0.1) is 11.3 Å². The summed E-state index contributed by atoms with van der Waals surface area (Å²) >= 11 is 0. The summed E-state index contributed by atoms with van der Waals surface area (Å²) in [6.45, 7) is 2.60. The van der Waals surface area contributed by atoms with Gasteiger partial charge >= 0.3 is 12.1 Å². The Bertz CT molecular complexity index is 1090. The predicted molar refractivity (Wildman–Crippen MR) is 126 cm³/mol. The largest absolute Gasteiger partial charge is 0.481 e. The van der Waals surface area contributed by atoms with Gasteiger partial charge in [-0.1, -0.05) is 61.9 Å². The lowest BCUT2D eigenvalue weighted by atomic mass is 9.82. The lowest BCUT2D eigenvalue weighted by Gasteiger charge is -2.30. The van der Waals surface area contributed by atoms with Crippen LogP contribution in [0.2, 0.25) is 0 Å². The minimum atomic E-state index is -0.797. The fraction of sp³-hybridized carbons (Fsp3) is 0.444. The van der Waals surface area contributed by atoms with Gasteiger partial charge in [0, 0.05) is 25.0 Å². The molecular formula is C27H30N2O5. The smallest absolute Gasteiger partial charge is 0.407 e. The van der Waals surface area contributed by atoms with Gasteiger partial charge in [-0.15, -0.1) is 0 Å². The maximum Gasteiger partial charge on any atom is 0.407 e. The number of carbonyl (C=O) groups is 3. The van der Waals surface area contributed by atoms with Crippen molar-refractivity contribution in [2.45, 2.75) is 44.6 Å². The summed E-state index contributed by atoms with van der Waals surface area (Å²) in [6, 6.07) is 16.1. The number of hydrogen-bond donors (Lipinski definition) is 2. The number of carboxylic acids is 1. The number of aliphatic carboxylic acids is 1. The molecule has 1 aliphatic heterocycles. The number of rotatable bonds is 6. The molecule has 2 N–H and O–H groups in total. The summed E-state index contributed by atoms with van der Waals surface area (Å²) in [5, 5.41) is 12.5. The van der Waals surface area contributed by atoms with E-state index in [1.165, 1.54) is 11.1 Å². The van der Waals surface area contributed by atoms with Gasteiger partial charge in [-0.05, 0) is 41.5 Å². The highest BCUT2D eigenvalue weighted by molar-refractivity contribution is 5.84. The Morgan fingerprint density at radius 1 is 1.09 bits per heavy atom. The van der Waals surface area contributed by atoms with E-state index >= 15 is 0 Å². The van der Waals surface area contributed by atoms with Crippen molar-refractivity contribution in [2.75, 3.05) is 19.7 Å². The molecule has 0 aromatic heterocycles. The fourth-order valence-corrected chi connectivity index (χ4v) is 6.15. The molecule has 34 heavy (non-hydrogen) atoms. The number of amides is 2. The molecule has 7 heteroatoms. The van der Waals surface area contributed by atoms with E-state index in [0.717, 1.165) is 24.0 Å². The molecular weight excluding hydrogens is 432 g/mol. The number of fused-ring (bicyclic) bond motifs is 4. The number of carbonyl (C=O) groups excluding carboxylic acids is 2. The molecule has 1 saturated heterocycles. The van der Waals surface area contributed by atoms with Gasteiger partial charge in [0.05, 0.1) is 11.3 Å². The quantitative estimate of drug-likeness (QED) is 0.676. The Kier molecular flexibility index (Phi) is 5.80. The number of hydrogen-bond acceptors (Lipinski definition) is 4. The molecule has 0 spiro atoms. The van der Waals surface area contributed by atoms with Crippen LogP contribution < -0.4 is 5.32 Å². The Balaban J connectivity index is 1.16. The molecule has 178 valence electrons. The van der Waals surface area contributed by atoms with Crippen LogP contribution in [0.15, 0.2) is 48.5 Å². The van der Waals surface area contributed by atoms with E-state index < -0.39 is 23.4 Å². The molecule has 2 amide bonds. The number of carboxylic acid groups (broad SMARTS) is 1. The third kappa shape index (κ3) is 3.63. The minimum Gasteiger partial charge on any atom is -0.481 e.